The lowest BCUT2D eigenvalue weighted by atomic mass is 10.1. The smallest absolute Gasteiger partial charge is 0.0994 e. The Morgan fingerprint density at radius 1 is 1.56 bits per heavy atom. The Morgan fingerprint density at radius 2 is 2.31 bits per heavy atom. The first-order chi connectivity index (χ1) is 7.76. The van der Waals surface area contributed by atoms with Gasteiger partial charge in [0.1, 0.15) is 0 Å². The Bertz CT molecular complexity index is 439. The minimum absolute atomic E-state index is 0.672. The summed E-state index contributed by atoms with van der Waals surface area (Å²) in [5, 5.41) is 8.89. The highest BCUT2D eigenvalue weighted by Crippen LogP contribution is 2.32. The maximum absolute atomic E-state index is 8.89. The molecule has 0 aromatic heterocycles. The third-order valence-corrected chi connectivity index (χ3v) is 2.98. The Balaban J connectivity index is 2.28. The Hall–Kier alpha value is -1.75. The van der Waals surface area contributed by atoms with Crippen molar-refractivity contribution in [1.29, 1.82) is 5.26 Å². The fraction of sp³-hybridized carbons (Fsp3) is 0.357. The standard InChI is InChI=1S/C14H16N2/c1-3-8-16(13-6-7-13)14-5-4-12(10-15)11(2)9-14/h3-5,9,13H,1,6-8H2,2H3. The lowest BCUT2D eigenvalue weighted by Gasteiger charge is -2.23. The lowest BCUT2D eigenvalue weighted by Crippen LogP contribution is -2.25. The summed E-state index contributed by atoms with van der Waals surface area (Å²) >= 11 is 0. The van der Waals surface area contributed by atoms with Gasteiger partial charge >= 0.3 is 0 Å². The number of rotatable bonds is 4. The normalized spacial score (nSPS) is 14.2. The van der Waals surface area contributed by atoms with E-state index < -0.39 is 0 Å². The van der Waals surface area contributed by atoms with Crippen LogP contribution in [0, 0.1) is 18.3 Å². The monoisotopic (exact) mass is 212 g/mol. The minimum atomic E-state index is 0.672. The van der Waals surface area contributed by atoms with Crippen LogP contribution < -0.4 is 4.90 Å². The predicted molar refractivity (Wildman–Crippen MR) is 66.5 cm³/mol. The van der Waals surface area contributed by atoms with Gasteiger partial charge in [0.15, 0.2) is 0 Å². The molecule has 82 valence electrons. The van der Waals surface area contributed by atoms with Crippen molar-refractivity contribution >= 4 is 5.69 Å². The van der Waals surface area contributed by atoms with Crippen molar-refractivity contribution < 1.29 is 0 Å². The van der Waals surface area contributed by atoms with Crippen molar-refractivity contribution in [2.24, 2.45) is 0 Å². The summed E-state index contributed by atoms with van der Waals surface area (Å²) in [5.41, 5.74) is 3.02. The van der Waals surface area contributed by atoms with E-state index in [2.05, 4.69) is 23.6 Å². The van der Waals surface area contributed by atoms with Gasteiger partial charge < -0.3 is 4.90 Å². The molecule has 0 amide bonds. The van der Waals surface area contributed by atoms with Crippen molar-refractivity contribution in [1.82, 2.24) is 0 Å². The zero-order chi connectivity index (χ0) is 11.5. The van der Waals surface area contributed by atoms with E-state index in [1.54, 1.807) is 0 Å². The molecule has 0 atom stereocenters. The Labute approximate surface area is 96.8 Å². The summed E-state index contributed by atoms with van der Waals surface area (Å²) in [4.78, 5) is 2.36. The van der Waals surface area contributed by atoms with Crippen LogP contribution >= 0.6 is 0 Å². The van der Waals surface area contributed by atoms with E-state index in [0.717, 1.165) is 17.7 Å². The highest BCUT2D eigenvalue weighted by Gasteiger charge is 2.28. The van der Waals surface area contributed by atoms with E-state index in [-0.39, 0.29) is 0 Å². The molecule has 0 unspecified atom stereocenters. The average molecular weight is 212 g/mol. The largest absolute Gasteiger partial charge is 0.365 e. The average Bonchev–Trinajstić information content (AvgIpc) is 3.09. The number of aryl methyl sites for hydroxylation is 1. The molecule has 1 fully saturated rings. The van der Waals surface area contributed by atoms with Crippen LogP contribution in [0.25, 0.3) is 0 Å². The number of nitrogens with zero attached hydrogens (tertiary/aromatic N) is 2. The molecule has 1 aromatic carbocycles. The van der Waals surface area contributed by atoms with E-state index in [4.69, 9.17) is 5.26 Å². The molecule has 0 saturated heterocycles. The number of benzene rings is 1. The first kappa shape index (κ1) is 10.8. The van der Waals surface area contributed by atoms with Gasteiger partial charge in [0.2, 0.25) is 0 Å². The molecular weight excluding hydrogens is 196 g/mol. The summed E-state index contributed by atoms with van der Waals surface area (Å²) < 4.78 is 0. The molecule has 1 aliphatic rings. The number of hydrogen-bond donors (Lipinski definition) is 0. The molecular formula is C14H16N2. The molecule has 16 heavy (non-hydrogen) atoms. The summed E-state index contributed by atoms with van der Waals surface area (Å²) in [6.07, 6.45) is 4.48. The molecule has 0 radical (unpaired) electrons. The van der Waals surface area contributed by atoms with E-state index in [1.807, 2.05) is 25.1 Å². The fourth-order valence-electron chi connectivity index (χ4n) is 1.94. The van der Waals surface area contributed by atoms with Crippen LogP contribution in [0.15, 0.2) is 30.9 Å². The molecule has 0 spiro atoms. The van der Waals surface area contributed by atoms with Crippen molar-refractivity contribution in [2.45, 2.75) is 25.8 Å². The zero-order valence-corrected chi connectivity index (χ0v) is 9.61. The second-order valence-corrected chi connectivity index (χ2v) is 4.28. The highest BCUT2D eigenvalue weighted by atomic mass is 15.2. The molecule has 1 aromatic rings. The molecule has 2 nitrogen and oxygen atoms in total. The first-order valence-corrected chi connectivity index (χ1v) is 5.64. The van der Waals surface area contributed by atoms with Gasteiger partial charge in [-0.3, -0.25) is 0 Å². The van der Waals surface area contributed by atoms with Gasteiger partial charge in [0, 0.05) is 18.3 Å². The summed E-state index contributed by atoms with van der Waals surface area (Å²) in [7, 11) is 0. The van der Waals surface area contributed by atoms with Gasteiger partial charge in [-0.1, -0.05) is 6.08 Å². The van der Waals surface area contributed by atoms with Crippen LogP contribution in [0.5, 0.6) is 0 Å². The quantitative estimate of drug-likeness (QED) is 0.717. The van der Waals surface area contributed by atoms with Gasteiger partial charge in [0.05, 0.1) is 11.6 Å². The molecule has 0 aliphatic heterocycles. The molecule has 0 heterocycles. The maximum Gasteiger partial charge on any atom is 0.0994 e. The third kappa shape index (κ3) is 2.09. The number of nitriles is 1. The minimum Gasteiger partial charge on any atom is -0.365 e. The third-order valence-electron chi connectivity index (χ3n) is 2.98. The highest BCUT2D eigenvalue weighted by molar-refractivity contribution is 5.55. The number of anilines is 1. The SMILES string of the molecule is C=CCN(c1ccc(C#N)c(C)c1)C1CC1. The van der Waals surface area contributed by atoms with Crippen LogP contribution in [0.4, 0.5) is 5.69 Å². The lowest BCUT2D eigenvalue weighted by molar-refractivity contribution is 0.861. The van der Waals surface area contributed by atoms with Crippen LogP contribution in [0.3, 0.4) is 0 Å². The Kier molecular flexibility index (Phi) is 2.96. The molecule has 0 N–H and O–H groups in total. The summed E-state index contributed by atoms with van der Waals surface area (Å²) in [6.45, 7) is 6.67. The van der Waals surface area contributed by atoms with Crippen molar-refractivity contribution in [2.75, 3.05) is 11.4 Å². The molecule has 2 rings (SSSR count). The van der Waals surface area contributed by atoms with Gasteiger partial charge in [-0.25, -0.2) is 0 Å². The van der Waals surface area contributed by atoms with E-state index >= 15 is 0 Å². The molecule has 0 bridgehead atoms. The summed E-state index contributed by atoms with van der Waals surface area (Å²) in [5.74, 6) is 0. The van der Waals surface area contributed by atoms with Crippen LogP contribution in [0.2, 0.25) is 0 Å². The van der Waals surface area contributed by atoms with Gasteiger partial charge in [-0.05, 0) is 43.5 Å². The van der Waals surface area contributed by atoms with Crippen LogP contribution in [-0.2, 0) is 0 Å². The predicted octanol–water partition coefficient (Wildman–Crippen LogP) is 3.02. The van der Waals surface area contributed by atoms with Gasteiger partial charge in [0.25, 0.3) is 0 Å². The molecule has 2 heteroatoms. The topological polar surface area (TPSA) is 27.0 Å². The number of hydrogen-bond acceptors (Lipinski definition) is 2. The maximum atomic E-state index is 8.89. The second-order valence-electron chi connectivity index (χ2n) is 4.28. The van der Waals surface area contributed by atoms with E-state index in [1.165, 1.54) is 18.5 Å². The molecule has 1 saturated carbocycles. The van der Waals surface area contributed by atoms with Crippen LogP contribution in [-0.4, -0.2) is 12.6 Å². The first-order valence-electron chi connectivity index (χ1n) is 5.64. The van der Waals surface area contributed by atoms with Crippen molar-refractivity contribution in [3.63, 3.8) is 0 Å². The fourth-order valence-corrected chi connectivity index (χ4v) is 1.94. The second kappa shape index (κ2) is 4.40. The zero-order valence-electron chi connectivity index (χ0n) is 9.61. The summed E-state index contributed by atoms with van der Waals surface area (Å²) in [6, 6.07) is 8.91. The van der Waals surface area contributed by atoms with Crippen molar-refractivity contribution in [3.05, 3.63) is 42.0 Å². The Morgan fingerprint density at radius 3 is 2.81 bits per heavy atom. The van der Waals surface area contributed by atoms with Crippen molar-refractivity contribution in [3.8, 4) is 6.07 Å². The van der Waals surface area contributed by atoms with Gasteiger partial charge in [-0.15, -0.1) is 6.58 Å². The molecule has 1 aliphatic carbocycles. The van der Waals surface area contributed by atoms with Gasteiger partial charge in [-0.2, -0.15) is 5.26 Å². The van der Waals surface area contributed by atoms with E-state index in [0.29, 0.717) is 6.04 Å². The van der Waals surface area contributed by atoms with E-state index in [9.17, 15) is 0 Å². The van der Waals surface area contributed by atoms with Crippen LogP contribution in [0.1, 0.15) is 24.0 Å².